The average molecular weight is 592 g/mol. The molecule has 198 valence electrons. The Morgan fingerprint density at radius 1 is 0.919 bits per heavy atom. The lowest BCUT2D eigenvalue weighted by molar-refractivity contribution is -0.151. The number of hydrogen-bond acceptors (Lipinski definition) is 7. The minimum absolute atomic E-state index is 0.0505. The Morgan fingerprint density at radius 2 is 1.49 bits per heavy atom. The third kappa shape index (κ3) is 5.75. The Balaban J connectivity index is 1.81. The summed E-state index contributed by atoms with van der Waals surface area (Å²) in [6.07, 6.45) is 0.0505. The van der Waals surface area contributed by atoms with Crippen molar-refractivity contribution in [1.82, 2.24) is 4.90 Å². The molecule has 0 radical (unpaired) electrons. The standard InChI is InChI=1S/C24H22Cl4N2O7/c1-10(2)7-13(30-22(32)16-17(23(30)33)19(26)21(28)20(27)18(16)25)24(34)37-9-15(31)29-12-6-5-11(35-3)8-14(12)36-4/h5-6,8,10,13H,7,9H2,1-4H3,(H,29,31)/t13-/m1/s1. The Hall–Kier alpha value is -2.72. The molecule has 2 aromatic rings. The van der Waals surface area contributed by atoms with Crippen molar-refractivity contribution in [1.29, 1.82) is 0 Å². The van der Waals surface area contributed by atoms with Crippen LogP contribution in [0.15, 0.2) is 18.2 Å². The molecule has 3 amide bonds. The smallest absolute Gasteiger partial charge is 0.329 e. The summed E-state index contributed by atoms with van der Waals surface area (Å²) in [6.45, 7) is 2.88. The number of anilines is 1. The van der Waals surface area contributed by atoms with Crippen molar-refractivity contribution in [3.05, 3.63) is 49.4 Å². The molecular weight excluding hydrogens is 570 g/mol. The number of methoxy groups -OCH3 is 2. The molecule has 1 heterocycles. The summed E-state index contributed by atoms with van der Waals surface area (Å²) in [7, 11) is 2.90. The summed E-state index contributed by atoms with van der Waals surface area (Å²) in [5.74, 6) is -2.69. The lowest BCUT2D eigenvalue weighted by atomic mass is 10.0. The van der Waals surface area contributed by atoms with E-state index >= 15 is 0 Å². The number of imide groups is 1. The van der Waals surface area contributed by atoms with E-state index in [0.29, 0.717) is 22.1 Å². The lowest BCUT2D eigenvalue weighted by Gasteiger charge is -2.26. The molecule has 0 aliphatic carbocycles. The van der Waals surface area contributed by atoms with E-state index in [4.69, 9.17) is 60.6 Å². The van der Waals surface area contributed by atoms with E-state index in [2.05, 4.69) is 5.32 Å². The zero-order chi connectivity index (χ0) is 27.6. The number of halogens is 4. The molecule has 0 unspecified atom stereocenters. The molecule has 0 fully saturated rings. The van der Waals surface area contributed by atoms with Crippen molar-refractivity contribution in [2.24, 2.45) is 5.92 Å². The van der Waals surface area contributed by atoms with Crippen molar-refractivity contribution in [3.8, 4) is 11.5 Å². The Morgan fingerprint density at radius 3 is 1.97 bits per heavy atom. The first kappa shape index (κ1) is 28.8. The van der Waals surface area contributed by atoms with E-state index in [1.165, 1.54) is 14.2 Å². The van der Waals surface area contributed by atoms with Gasteiger partial charge in [-0.25, -0.2) is 4.79 Å². The molecule has 1 atom stereocenters. The first-order valence-electron chi connectivity index (χ1n) is 10.8. The molecule has 1 aliphatic rings. The molecule has 3 rings (SSSR count). The molecule has 0 spiro atoms. The van der Waals surface area contributed by atoms with Gasteiger partial charge < -0.3 is 19.5 Å². The molecule has 0 aromatic heterocycles. The van der Waals surface area contributed by atoms with Gasteiger partial charge in [-0.15, -0.1) is 0 Å². The van der Waals surface area contributed by atoms with Gasteiger partial charge in [-0.2, -0.15) is 0 Å². The maximum atomic E-state index is 13.2. The first-order chi connectivity index (χ1) is 17.4. The zero-order valence-corrected chi connectivity index (χ0v) is 23.1. The van der Waals surface area contributed by atoms with Gasteiger partial charge in [0.25, 0.3) is 17.7 Å². The number of ether oxygens (including phenoxy) is 3. The summed E-state index contributed by atoms with van der Waals surface area (Å²) in [5.41, 5.74) is -0.185. The SMILES string of the molecule is COc1ccc(NC(=O)COC(=O)[C@@H](CC(C)C)N2C(=O)c3c(Cl)c(Cl)c(Cl)c(Cl)c3C2=O)c(OC)c1. The van der Waals surface area contributed by atoms with E-state index in [9.17, 15) is 19.2 Å². The van der Waals surface area contributed by atoms with E-state index in [0.717, 1.165) is 0 Å². The van der Waals surface area contributed by atoms with E-state index in [1.807, 2.05) is 0 Å². The van der Waals surface area contributed by atoms with Gasteiger partial charge in [-0.3, -0.25) is 19.3 Å². The van der Waals surface area contributed by atoms with E-state index in [1.54, 1.807) is 32.0 Å². The first-order valence-corrected chi connectivity index (χ1v) is 12.4. The van der Waals surface area contributed by atoms with Crippen molar-refractivity contribution in [3.63, 3.8) is 0 Å². The van der Waals surface area contributed by atoms with Crippen LogP contribution in [0.5, 0.6) is 11.5 Å². The van der Waals surface area contributed by atoms with Crippen LogP contribution in [0.2, 0.25) is 20.1 Å². The molecule has 37 heavy (non-hydrogen) atoms. The summed E-state index contributed by atoms with van der Waals surface area (Å²) in [6, 6.07) is 3.37. The van der Waals surface area contributed by atoms with Crippen molar-refractivity contribution in [2.45, 2.75) is 26.3 Å². The molecule has 13 heteroatoms. The van der Waals surface area contributed by atoms with Gasteiger partial charge in [0.15, 0.2) is 6.61 Å². The van der Waals surface area contributed by atoms with Gasteiger partial charge in [0.2, 0.25) is 0 Å². The highest BCUT2D eigenvalue weighted by Gasteiger charge is 2.47. The number of nitrogens with zero attached hydrogens (tertiary/aromatic N) is 1. The molecule has 0 saturated carbocycles. The maximum Gasteiger partial charge on any atom is 0.329 e. The summed E-state index contributed by atoms with van der Waals surface area (Å²) < 4.78 is 15.5. The van der Waals surface area contributed by atoms with Gasteiger partial charge in [0, 0.05) is 6.07 Å². The quantitative estimate of drug-likeness (QED) is 0.177. The fourth-order valence-corrected chi connectivity index (χ4v) is 4.74. The number of rotatable bonds is 9. The van der Waals surface area contributed by atoms with Crippen LogP contribution >= 0.6 is 46.4 Å². The summed E-state index contributed by atoms with van der Waals surface area (Å²) in [5, 5.41) is 1.68. The number of nitrogens with one attached hydrogen (secondary N) is 1. The number of esters is 1. The number of amides is 3. The maximum absolute atomic E-state index is 13.2. The predicted octanol–water partition coefficient (Wildman–Crippen LogP) is 5.51. The molecule has 1 aliphatic heterocycles. The molecule has 9 nitrogen and oxygen atoms in total. The van der Waals surface area contributed by atoms with Gasteiger partial charge in [-0.1, -0.05) is 60.3 Å². The Labute approximate surface area is 232 Å². The topological polar surface area (TPSA) is 111 Å². The van der Waals surface area contributed by atoms with Crippen LogP contribution in [0.25, 0.3) is 0 Å². The summed E-state index contributed by atoms with van der Waals surface area (Å²) in [4.78, 5) is 52.7. The fourth-order valence-electron chi connectivity index (χ4n) is 3.72. The second kappa shape index (κ2) is 11.8. The minimum atomic E-state index is -1.36. The minimum Gasteiger partial charge on any atom is -0.497 e. The second-order valence-electron chi connectivity index (χ2n) is 8.35. The average Bonchev–Trinajstić information content (AvgIpc) is 3.13. The molecule has 0 bridgehead atoms. The van der Waals surface area contributed by atoms with Crippen LogP contribution in [0, 0.1) is 5.92 Å². The number of hydrogen-bond donors (Lipinski definition) is 1. The number of carbonyl (C=O) groups excluding carboxylic acids is 4. The molecule has 2 aromatic carbocycles. The van der Waals surface area contributed by atoms with Gasteiger partial charge in [-0.05, 0) is 24.5 Å². The van der Waals surface area contributed by atoms with Gasteiger partial charge >= 0.3 is 5.97 Å². The fraction of sp³-hybridized carbons (Fsp3) is 0.333. The monoisotopic (exact) mass is 590 g/mol. The van der Waals surface area contributed by atoms with Crippen molar-refractivity contribution < 1.29 is 33.4 Å². The van der Waals surface area contributed by atoms with Crippen LogP contribution in [-0.2, 0) is 14.3 Å². The highest BCUT2D eigenvalue weighted by atomic mass is 35.5. The summed E-state index contributed by atoms with van der Waals surface area (Å²) >= 11 is 24.5. The van der Waals surface area contributed by atoms with Crippen LogP contribution < -0.4 is 14.8 Å². The number of carbonyl (C=O) groups is 4. The highest BCUT2D eigenvalue weighted by molar-refractivity contribution is 6.55. The van der Waals surface area contributed by atoms with Gasteiger partial charge in [0.1, 0.15) is 17.5 Å². The number of benzene rings is 2. The second-order valence-corrected chi connectivity index (χ2v) is 9.87. The molecule has 1 N–H and O–H groups in total. The molecular formula is C24H22Cl4N2O7. The third-order valence-electron chi connectivity index (χ3n) is 5.44. The zero-order valence-electron chi connectivity index (χ0n) is 20.1. The van der Waals surface area contributed by atoms with Gasteiger partial charge in [0.05, 0.1) is 51.1 Å². The van der Waals surface area contributed by atoms with Crippen LogP contribution in [0.3, 0.4) is 0 Å². The largest absolute Gasteiger partial charge is 0.497 e. The van der Waals surface area contributed by atoms with Crippen molar-refractivity contribution >= 4 is 75.8 Å². The van der Waals surface area contributed by atoms with E-state index < -0.39 is 36.3 Å². The van der Waals surface area contributed by atoms with Crippen LogP contribution in [0.1, 0.15) is 41.0 Å². The molecule has 0 saturated heterocycles. The third-order valence-corrected chi connectivity index (χ3v) is 7.24. The lowest BCUT2D eigenvalue weighted by Crippen LogP contribution is -2.47. The highest BCUT2D eigenvalue weighted by Crippen LogP contribution is 2.45. The van der Waals surface area contributed by atoms with E-state index in [-0.39, 0.29) is 43.6 Å². The Kier molecular flexibility index (Phi) is 9.18. The normalized spacial score (nSPS) is 13.5. The predicted molar refractivity (Wildman–Crippen MR) is 139 cm³/mol. The van der Waals surface area contributed by atoms with Crippen LogP contribution in [0.4, 0.5) is 5.69 Å². The Bertz CT molecular complexity index is 1240. The van der Waals surface area contributed by atoms with Crippen LogP contribution in [-0.4, -0.2) is 55.5 Å². The van der Waals surface area contributed by atoms with Crippen molar-refractivity contribution in [2.75, 3.05) is 26.1 Å². The number of fused-ring (bicyclic) bond motifs is 1.